The monoisotopic (exact) mass is 433 g/mol. The van der Waals surface area contributed by atoms with Crippen molar-refractivity contribution in [3.63, 3.8) is 0 Å². The Labute approximate surface area is 177 Å². The molecule has 7 N–H and O–H groups in total. The number of hydrogen-bond acceptors (Lipinski definition) is 5. The number of amides is 2. The molecule has 2 aromatic rings. The zero-order valence-corrected chi connectivity index (χ0v) is 16.9. The van der Waals surface area contributed by atoms with E-state index in [1.807, 2.05) is 0 Å². The first kappa shape index (κ1) is 22.9. The summed E-state index contributed by atoms with van der Waals surface area (Å²) in [6.45, 7) is 1.56. The van der Waals surface area contributed by atoms with E-state index in [1.54, 1.807) is 13.0 Å². The predicted octanol–water partition coefficient (Wildman–Crippen LogP) is 2.74. The minimum absolute atomic E-state index is 0.0122. The van der Waals surface area contributed by atoms with Crippen molar-refractivity contribution >= 4 is 46.1 Å². The Kier molecular flexibility index (Phi) is 7.54. The van der Waals surface area contributed by atoms with Gasteiger partial charge in [0.25, 0.3) is 5.91 Å². The van der Waals surface area contributed by atoms with Gasteiger partial charge in [0.2, 0.25) is 5.91 Å². The third-order valence-corrected chi connectivity index (χ3v) is 4.32. The van der Waals surface area contributed by atoms with Crippen molar-refractivity contribution in [2.75, 3.05) is 10.6 Å². The highest BCUT2D eigenvalue weighted by molar-refractivity contribution is 7.80. The van der Waals surface area contributed by atoms with E-state index >= 15 is 0 Å². The fourth-order valence-electron chi connectivity index (χ4n) is 2.74. The summed E-state index contributed by atoms with van der Waals surface area (Å²) in [6.07, 6.45) is 0.148. The summed E-state index contributed by atoms with van der Waals surface area (Å²) in [5, 5.41) is 13.0. The van der Waals surface area contributed by atoms with Gasteiger partial charge in [-0.25, -0.2) is 8.78 Å². The minimum atomic E-state index is -1.05. The highest BCUT2D eigenvalue weighted by Crippen LogP contribution is 2.26. The third kappa shape index (κ3) is 6.31. The number of primary amides is 2. The maximum absolute atomic E-state index is 14.6. The van der Waals surface area contributed by atoms with Crippen molar-refractivity contribution in [3.8, 4) is 0 Å². The Morgan fingerprint density at radius 3 is 2.43 bits per heavy atom. The van der Waals surface area contributed by atoms with Crippen LogP contribution in [0.15, 0.2) is 36.4 Å². The molecule has 0 spiro atoms. The van der Waals surface area contributed by atoms with Crippen LogP contribution >= 0.6 is 12.2 Å². The van der Waals surface area contributed by atoms with Crippen LogP contribution in [0.5, 0.6) is 0 Å². The second-order valence-corrected chi connectivity index (χ2v) is 7.17. The summed E-state index contributed by atoms with van der Waals surface area (Å²) in [6, 6.07) is 6.70. The zero-order valence-electron chi connectivity index (χ0n) is 16.1. The average molecular weight is 433 g/mol. The first-order valence-electron chi connectivity index (χ1n) is 8.84. The Morgan fingerprint density at radius 2 is 1.87 bits per heavy atom. The molecule has 0 radical (unpaired) electrons. The molecule has 0 aliphatic rings. The van der Waals surface area contributed by atoms with Crippen molar-refractivity contribution < 1.29 is 18.4 Å². The molecule has 0 aliphatic carbocycles. The molecule has 158 valence electrons. The van der Waals surface area contributed by atoms with E-state index < -0.39 is 29.5 Å². The molecular weight excluding hydrogens is 412 g/mol. The molecule has 2 amide bonds. The van der Waals surface area contributed by atoms with Gasteiger partial charge in [-0.3, -0.25) is 9.59 Å². The average Bonchev–Trinajstić information content (AvgIpc) is 2.62. The van der Waals surface area contributed by atoms with Gasteiger partial charge in [0.1, 0.15) is 17.7 Å². The quantitative estimate of drug-likeness (QED) is 0.306. The molecule has 0 fully saturated rings. The number of hydrogen-bond donors (Lipinski definition) is 5. The number of rotatable bonds is 9. The summed E-state index contributed by atoms with van der Waals surface area (Å²) in [7, 11) is 0. The maximum atomic E-state index is 14.6. The predicted molar refractivity (Wildman–Crippen MR) is 116 cm³/mol. The molecule has 0 heterocycles. The standard InChI is InChI=1S/C20H21F2N5O2S/c1-10(23)5-18(30)27-15-9-16(14(22)8-13(15)19(24)28)26-17(20(25)29)7-11-3-2-4-12(21)6-11/h2-4,6,8-9,17,23,26H,5,7H2,1H3,(H2,24,28)(H2,25,29)(H,27,30). The number of nitrogens with two attached hydrogens (primary N) is 2. The first-order chi connectivity index (χ1) is 14.1. The van der Waals surface area contributed by atoms with Crippen molar-refractivity contribution in [1.29, 1.82) is 5.41 Å². The first-order valence-corrected chi connectivity index (χ1v) is 9.25. The van der Waals surface area contributed by atoms with Crippen LogP contribution in [-0.2, 0) is 11.2 Å². The summed E-state index contributed by atoms with van der Waals surface area (Å²) < 4.78 is 28.0. The van der Waals surface area contributed by atoms with Crippen molar-refractivity contribution in [2.45, 2.75) is 25.8 Å². The molecule has 0 saturated carbocycles. The van der Waals surface area contributed by atoms with Gasteiger partial charge in [0.05, 0.1) is 21.9 Å². The Morgan fingerprint density at radius 1 is 1.17 bits per heavy atom. The Hall–Kier alpha value is -3.40. The number of anilines is 2. The molecule has 0 bridgehead atoms. The maximum Gasteiger partial charge on any atom is 0.250 e. The van der Waals surface area contributed by atoms with Crippen LogP contribution < -0.4 is 22.1 Å². The van der Waals surface area contributed by atoms with Crippen LogP contribution in [0.1, 0.15) is 29.3 Å². The van der Waals surface area contributed by atoms with E-state index in [4.69, 9.17) is 29.1 Å². The zero-order chi connectivity index (χ0) is 22.4. The molecule has 0 aromatic heterocycles. The fraction of sp³-hybridized carbons (Fsp3) is 0.200. The van der Waals surface area contributed by atoms with E-state index in [2.05, 4.69) is 10.6 Å². The number of thiocarbonyl (C=S) groups is 1. The van der Waals surface area contributed by atoms with Crippen LogP contribution in [0.25, 0.3) is 0 Å². The molecule has 1 atom stereocenters. The van der Waals surface area contributed by atoms with E-state index in [-0.39, 0.29) is 40.5 Å². The Balaban J connectivity index is 2.35. The van der Waals surface area contributed by atoms with E-state index in [9.17, 15) is 18.4 Å². The van der Waals surface area contributed by atoms with E-state index in [0.29, 0.717) is 5.56 Å². The lowest BCUT2D eigenvalue weighted by molar-refractivity contribution is -0.118. The van der Waals surface area contributed by atoms with Crippen LogP contribution in [0, 0.1) is 17.0 Å². The summed E-state index contributed by atoms with van der Waals surface area (Å²) in [4.78, 5) is 23.8. The van der Waals surface area contributed by atoms with Gasteiger partial charge in [-0.2, -0.15) is 0 Å². The van der Waals surface area contributed by atoms with Gasteiger partial charge in [0.15, 0.2) is 0 Å². The van der Waals surface area contributed by atoms with Crippen molar-refractivity contribution in [3.05, 3.63) is 59.2 Å². The molecular formula is C20H21F2N5O2S. The highest BCUT2D eigenvalue weighted by atomic mass is 32.1. The smallest absolute Gasteiger partial charge is 0.250 e. The number of carbonyl (C=O) groups is 2. The lowest BCUT2D eigenvalue weighted by Gasteiger charge is -2.19. The molecule has 7 nitrogen and oxygen atoms in total. The molecule has 30 heavy (non-hydrogen) atoms. The highest BCUT2D eigenvalue weighted by Gasteiger charge is 2.21. The number of halogens is 2. The van der Waals surface area contributed by atoms with E-state index in [0.717, 1.165) is 6.07 Å². The molecule has 1 unspecified atom stereocenters. The molecule has 10 heteroatoms. The van der Waals surface area contributed by atoms with Gasteiger partial charge < -0.3 is 27.5 Å². The molecule has 0 saturated heterocycles. The van der Waals surface area contributed by atoms with Crippen LogP contribution in [0.3, 0.4) is 0 Å². The lowest BCUT2D eigenvalue weighted by atomic mass is 10.0. The van der Waals surface area contributed by atoms with Gasteiger partial charge in [0, 0.05) is 18.6 Å². The molecule has 2 aromatic carbocycles. The summed E-state index contributed by atoms with van der Waals surface area (Å²) in [5.74, 6) is -2.98. The number of nitrogens with one attached hydrogen (secondary N) is 3. The molecule has 0 aliphatic heterocycles. The van der Waals surface area contributed by atoms with Crippen LogP contribution in [0.2, 0.25) is 0 Å². The van der Waals surface area contributed by atoms with Gasteiger partial charge in [-0.1, -0.05) is 24.4 Å². The minimum Gasteiger partial charge on any atom is -0.371 e. The summed E-state index contributed by atoms with van der Waals surface area (Å²) in [5.41, 5.74) is 11.4. The SMILES string of the molecule is CC(=N)CC(=S)Nc1cc(NC(Cc2cccc(F)c2)C(N)=O)c(F)cc1C(N)=O. The van der Waals surface area contributed by atoms with E-state index in [1.165, 1.54) is 24.3 Å². The summed E-state index contributed by atoms with van der Waals surface area (Å²) >= 11 is 5.13. The lowest BCUT2D eigenvalue weighted by Crippen LogP contribution is -2.37. The topological polar surface area (TPSA) is 134 Å². The molecule has 2 rings (SSSR count). The normalized spacial score (nSPS) is 11.4. The van der Waals surface area contributed by atoms with Crippen molar-refractivity contribution in [2.24, 2.45) is 11.5 Å². The second kappa shape index (κ2) is 9.88. The Bertz CT molecular complexity index is 1010. The van der Waals surface area contributed by atoms with Gasteiger partial charge in [-0.15, -0.1) is 0 Å². The van der Waals surface area contributed by atoms with Crippen LogP contribution in [-0.4, -0.2) is 28.6 Å². The van der Waals surface area contributed by atoms with Gasteiger partial charge in [-0.05, 0) is 36.8 Å². The fourth-order valence-corrected chi connectivity index (χ4v) is 3.06. The number of carbonyl (C=O) groups excluding carboxylic acids is 2. The second-order valence-electron chi connectivity index (χ2n) is 6.68. The number of benzene rings is 2. The van der Waals surface area contributed by atoms with Gasteiger partial charge >= 0.3 is 0 Å². The van der Waals surface area contributed by atoms with Crippen LogP contribution in [0.4, 0.5) is 20.2 Å². The largest absolute Gasteiger partial charge is 0.371 e. The van der Waals surface area contributed by atoms with Crippen molar-refractivity contribution in [1.82, 2.24) is 0 Å². The third-order valence-electron chi connectivity index (χ3n) is 4.07.